The molecule has 1 unspecified atom stereocenters. The van der Waals surface area contributed by atoms with Gasteiger partial charge in [0.15, 0.2) is 0 Å². The quantitative estimate of drug-likeness (QED) is 0.679. The lowest BCUT2D eigenvalue weighted by Crippen LogP contribution is -2.31. The van der Waals surface area contributed by atoms with Gasteiger partial charge in [-0.05, 0) is 33.7 Å². The molecule has 0 radical (unpaired) electrons. The summed E-state index contributed by atoms with van der Waals surface area (Å²) in [6.45, 7) is 4.62. The van der Waals surface area contributed by atoms with E-state index in [0.29, 0.717) is 13.0 Å². The van der Waals surface area contributed by atoms with Gasteiger partial charge in [-0.2, -0.15) is 0 Å². The van der Waals surface area contributed by atoms with E-state index in [9.17, 15) is 8.42 Å². The van der Waals surface area contributed by atoms with Gasteiger partial charge in [0.25, 0.3) is 0 Å². The normalized spacial score (nSPS) is 14.5. The number of hydrogen-bond acceptors (Lipinski definition) is 4. The van der Waals surface area contributed by atoms with Crippen molar-refractivity contribution in [2.24, 2.45) is 0 Å². The van der Waals surface area contributed by atoms with Gasteiger partial charge in [0.2, 0.25) is 0 Å². The van der Waals surface area contributed by atoms with Gasteiger partial charge in [0.1, 0.15) is 9.84 Å². The first-order chi connectivity index (χ1) is 6.85. The zero-order chi connectivity index (χ0) is 11.9. The third-order valence-corrected chi connectivity index (χ3v) is 3.14. The largest absolute Gasteiger partial charge is 0.377 e. The lowest BCUT2D eigenvalue weighted by Gasteiger charge is -2.17. The molecule has 0 spiro atoms. The average Bonchev–Trinajstić information content (AvgIpc) is 2.08. The zero-order valence-electron chi connectivity index (χ0n) is 10.1. The van der Waals surface area contributed by atoms with Crippen LogP contribution in [0.2, 0.25) is 0 Å². The molecule has 0 heterocycles. The molecule has 0 aliphatic carbocycles. The molecule has 0 rings (SSSR count). The molecule has 0 saturated heterocycles. The van der Waals surface area contributed by atoms with Crippen molar-refractivity contribution < 1.29 is 13.2 Å². The lowest BCUT2D eigenvalue weighted by atomic mass is 10.2. The molecule has 0 aromatic heterocycles. The molecule has 1 atom stereocenters. The summed E-state index contributed by atoms with van der Waals surface area (Å²) in [6, 6.07) is 0.245. The van der Waals surface area contributed by atoms with Crippen molar-refractivity contribution in [1.82, 2.24) is 5.32 Å². The van der Waals surface area contributed by atoms with Gasteiger partial charge in [-0.1, -0.05) is 0 Å². The Balaban J connectivity index is 3.71. The van der Waals surface area contributed by atoms with Crippen LogP contribution in [0.5, 0.6) is 0 Å². The Bertz CT molecular complexity index is 249. The van der Waals surface area contributed by atoms with Crippen molar-refractivity contribution in [2.45, 2.75) is 38.8 Å². The fourth-order valence-corrected chi connectivity index (χ4v) is 1.90. The smallest absolute Gasteiger partial charge is 0.147 e. The van der Waals surface area contributed by atoms with Crippen LogP contribution >= 0.6 is 0 Å². The zero-order valence-corrected chi connectivity index (χ0v) is 10.9. The molecular formula is C10H23NO3S. The number of nitrogens with one attached hydrogen (secondary N) is 1. The van der Waals surface area contributed by atoms with Gasteiger partial charge in [-0.15, -0.1) is 0 Å². The standard InChI is InChI=1S/C10H23NO3S/c1-9(2)14-8-10(11-3)6-5-7-15(4,12)13/h9-11H,5-8H2,1-4H3. The Kier molecular flexibility index (Phi) is 7.13. The highest BCUT2D eigenvalue weighted by molar-refractivity contribution is 7.90. The molecular weight excluding hydrogens is 214 g/mol. The van der Waals surface area contributed by atoms with Crippen LogP contribution in [-0.4, -0.2) is 46.2 Å². The number of ether oxygens (including phenoxy) is 1. The first-order valence-corrected chi connectivity index (χ1v) is 7.38. The van der Waals surface area contributed by atoms with Gasteiger partial charge < -0.3 is 10.1 Å². The van der Waals surface area contributed by atoms with E-state index in [-0.39, 0.29) is 17.9 Å². The first-order valence-electron chi connectivity index (χ1n) is 5.31. The summed E-state index contributed by atoms with van der Waals surface area (Å²) in [7, 11) is -0.958. The Morgan fingerprint density at radius 1 is 1.33 bits per heavy atom. The van der Waals surface area contributed by atoms with Crippen LogP contribution in [0.4, 0.5) is 0 Å². The Labute approximate surface area is 93.3 Å². The van der Waals surface area contributed by atoms with E-state index in [1.807, 2.05) is 20.9 Å². The predicted molar refractivity (Wildman–Crippen MR) is 62.9 cm³/mol. The van der Waals surface area contributed by atoms with Crippen molar-refractivity contribution in [2.75, 3.05) is 25.7 Å². The molecule has 5 heteroatoms. The topological polar surface area (TPSA) is 55.4 Å². The maximum Gasteiger partial charge on any atom is 0.147 e. The fourth-order valence-electron chi connectivity index (χ4n) is 1.21. The highest BCUT2D eigenvalue weighted by atomic mass is 32.2. The van der Waals surface area contributed by atoms with E-state index in [4.69, 9.17) is 4.74 Å². The SMILES string of the molecule is CNC(CCCS(C)(=O)=O)COC(C)C. The summed E-state index contributed by atoms with van der Waals surface area (Å²) >= 11 is 0. The summed E-state index contributed by atoms with van der Waals surface area (Å²) in [4.78, 5) is 0. The fraction of sp³-hybridized carbons (Fsp3) is 1.00. The molecule has 15 heavy (non-hydrogen) atoms. The summed E-state index contributed by atoms with van der Waals surface area (Å²) < 4.78 is 27.3. The van der Waals surface area contributed by atoms with Crippen molar-refractivity contribution in [3.63, 3.8) is 0 Å². The molecule has 92 valence electrons. The summed E-state index contributed by atoms with van der Waals surface area (Å²) in [5, 5.41) is 3.12. The van der Waals surface area contributed by atoms with Crippen LogP contribution in [0.15, 0.2) is 0 Å². The minimum atomic E-state index is -2.83. The molecule has 0 fully saturated rings. The monoisotopic (exact) mass is 237 g/mol. The third-order valence-electron chi connectivity index (χ3n) is 2.11. The second kappa shape index (κ2) is 7.19. The van der Waals surface area contributed by atoms with E-state index >= 15 is 0 Å². The summed E-state index contributed by atoms with van der Waals surface area (Å²) in [5.74, 6) is 0.257. The minimum Gasteiger partial charge on any atom is -0.377 e. The number of likely N-dealkylation sites (N-methyl/N-ethyl adjacent to an activating group) is 1. The van der Waals surface area contributed by atoms with Gasteiger partial charge in [-0.25, -0.2) is 8.42 Å². The van der Waals surface area contributed by atoms with Gasteiger partial charge in [0.05, 0.1) is 12.7 Å². The highest BCUT2D eigenvalue weighted by Gasteiger charge is 2.09. The van der Waals surface area contributed by atoms with E-state index in [1.54, 1.807) is 0 Å². The lowest BCUT2D eigenvalue weighted by molar-refractivity contribution is 0.0610. The van der Waals surface area contributed by atoms with Crippen LogP contribution in [0, 0.1) is 0 Å². The third kappa shape index (κ3) is 10.2. The second-order valence-electron chi connectivity index (χ2n) is 4.14. The van der Waals surface area contributed by atoms with Crippen molar-refractivity contribution in [3.8, 4) is 0 Å². The van der Waals surface area contributed by atoms with E-state index in [0.717, 1.165) is 6.42 Å². The Morgan fingerprint density at radius 2 is 1.93 bits per heavy atom. The van der Waals surface area contributed by atoms with Crippen molar-refractivity contribution in [3.05, 3.63) is 0 Å². The summed E-state index contributed by atoms with van der Waals surface area (Å²) in [5.41, 5.74) is 0. The van der Waals surface area contributed by atoms with E-state index in [1.165, 1.54) is 6.26 Å². The molecule has 1 N–H and O–H groups in total. The molecule has 0 aliphatic rings. The Morgan fingerprint density at radius 3 is 2.33 bits per heavy atom. The second-order valence-corrected chi connectivity index (χ2v) is 6.40. The molecule has 0 aromatic rings. The number of rotatable bonds is 8. The predicted octanol–water partition coefficient (Wildman–Crippen LogP) is 0.824. The maximum atomic E-state index is 10.9. The molecule has 0 aromatic carbocycles. The van der Waals surface area contributed by atoms with Gasteiger partial charge >= 0.3 is 0 Å². The molecule has 0 bridgehead atoms. The van der Waals surface area contributed by atoms with Crippen LogP contribution in [-0.2, 0) is 14.6 Å². The highest BCUT2D eigenvalue weighted by Crippen LogP contribution is 2.02. The van der Waals surface area contributed by atoms with Crippen LogP contribution < -0.4 is 5.32 Å². The molecule has 0 saturated carbocycles. The van der Waals surface area contributed by atoms with E-state index < -0.39 is 9.84 Å². The van der Waals surface area contributed by atoms with Crippen LogP contribution in [0.1, 0.15) is 26.7 Å². The number of sulfone groups is 1. The van der Waals surface area contributed by atoms with E-state index in [2.05, 4.69) is 5.32 Å². The van der Waals surface area contributed by atoms with Crippen LogP contribution in [0.3, 0.4) is 0 Å². The molecule has 0 amide bonds. The van der Waals surface area contributed by atoms with Gasteiger partial charge in [0, 0.05) is 18.1 Å². The maximum absolute atomic E-state index is 10.9. The first kappa shape index (κ1) is 14.9. The summed E-state index contributed by atoms with van der Waals surface area (Å²) in [6.07, 6.45) is 3.00. The van der Waals surface area contributed by atoms with Crippen LogP contribution in [0.25, 0.3) is 0 Å². The molecule has 0 aliphatic heterocycles. The van der Waals surface area contributed by atoms with Crippen molar-refractivity contribution >= 4 is 9.84 Å². The minimum absolute atomic E-state index is 0.218. The molecule has 4 nitrogen and oxygen atoms in total. The van der Waals surface area contributed by atoms with Crippen molar-refractivity contribution in [1.29, 1.82) is 0 Å². The number of hydrogen-bond donors (Lipinski definition) is 1. The Hall–Kier alpha value is -0.130. The van der Waals surface area contributed by atoms with Gasteiger partial charge in [-0.3, -0.25) is 0 Å². The average molecular weight is 237 g/mol.